The normalized spacial score (nSPS) is 29.0. The Kier molecular flexibility index (Phi) is 6.26. The summed E-state index contributed by atoms with van der Waals surface area (Å²) in [5, 5.41) is 13.2. The average Bonchev–Trinajstić information content (AvgIpc) is 2.27. The SMILES string of the molecule is CCCC(O)CNC1CCCC(CC)C1. The Labute approximate surface area is 94.5 Å². The molecule has 0 spiro atoms. The van der Waals surface area contributed by atoms with Gasteiger partial charge in [0.15, 0.2) is 0 Å². The van der Waals surface area contributed by atoms with Gasteiger partial charge in [-0.2, -0.15) is 0 Å². The van der Waals surface area contributed by atoms with Gasteiger partial charge in [0.1, 0.15) is 0 Å². The van der Waals surface area contributed by atoms with E-state index in [0.717, 1.165) is 25.3 Å². The molecule has 1 aliphatic carbocycles. The van der Waals surface area contributed by atoms with Gasteiger partial charge in [0.05, 0.1) is 6.10 Å². The molecule has 0 aliphatic heterocycles. The fourth-order valence-electron chi connectivity index (χ4n) is 2.59. The average molecular weight is 213 g/mol. The third kappa shape index (κ3) is 4.98. The molecule has 0 saturated heterocycles. The van der Waals surface area contributed by atoms with Crippen molar-refractivity contribution in [2.45, 2.75) is 70.9 Å². The van der Waals surface area contributed by atoms with Gasteiger partial charge in [-0.3, -0.25) is 0 Å². The molecule has 2 heteroatoms. The highest BCUT2D eigenvalue weighted by atomic mass is 16.3. The molecule has 0 aromatic rings. The van der Waals surface area contributed by atoms with Crippen molar-refractivity contribution in [3.05, 3.63) is 0 Å². The molecule has 2 nitrogen and oxygen atoms in total. The van der Waals surface area contributed by atoms with Crippen LogP contribution < -0.4 is 5.32 Å². The van der Waals surface area contributed by atoms with E-state index in [4.69, 9.17) is 0 Å². The van der Waals surface area contributed by atoms with E-state index in [-0.39, 0.29) is 6.10 Å². The Morgan fingerprint density at radius 2 is 2.13 bits per heavy atom. The van der Waals surface area contributed by atoms with Crippen molar-refractivity contribution in [3.8, 4) is 0 Å². The van der Waals surface area contributed by atoms with Crippen LogP contribution in [0, 0.1) is 5.92 Å². The lowest BCUT2D eigenvalue weighted by molar-refractivity contribution is 0.149. The van der Waals surface area contributed by atoms with E-state index in [0.29, 0.717) is 6.04 Å². The van der Waals surface area contributed by atoms with Gasteiger partial charge >= 0.3 is 0 Å². The second-order valence-corrected chi connectivity index (χ2v) is 4.99. The van der Waals surface area contributed by atoms with Crippen molar-refractivity contribution >= 4 is 0 Å². The lowest BCUT2D eigenvalue weighted by Gasteiger charge is -2.29. The van der Waals surface area contributed by atoms with E-state index in [1.807, 2.05) is 0 Å². The Hall–Kier alpha value is -0.0800. The van der Waals surface area contributed by atoms with Crippen LogP contribution in [0.4, 0.5) is 0 Å². The largest absolute Gasteiger partial charge is 0.392 e. The lowest BCUT2D eigenvalue weighted by atomic mass is 9.84. The van der Waals surface area contributed by atoms with Crippen LogP contribution in [0.5, 0.6) is 0 Å². The van der Waals surface area contributed by atoms with E-state index in [2.05, 4.69) is 19.2 Å². The molecule has 1 saturated carbocycles. The summed E-state index contributed by atoms with van der Waals surface area (Å²) in [6.45, 7) is 5.20. The predicted octanol–water partition coefficient (Wildman–Crippen LogP) is 2.71. The monoisotopic (exact) mass is 213 g/mol. The Bertz CT molecular complexity index is 161. The second-order valence-electron chi connectivity index (χ2n) is 4.99. The molecule has 1 aliphatic rings. The van der Waals surface area contributed by atoms with Crippen LogP contribution >= 0.6 is 0 Å². The fraction of sp³-hybridized carbons (Fsp3) is 1.00. The predicted molar refractivity (Wildman–Crippen MR) is 65.0 cm³/mol. The standard InChI is InChI=1S/C13H27NO/c1-3-6-13(15)10-14-12-8-5-7-11(4-2)9-12/h11-15H,3-10H2,1-2H3. The van der Waals surface area contributed by atoms with Gasteiger partial charge in [0, 0.05) is 12.6 Å². The molecular weight excluding hydrogens is 186 g/mol. The first kappa shape index (κ1) is 13.0. The molecule has 3 atom stereocenters. The van der Waals surface area contributed by atoms with Crippen molar-refractivity contribution in [3.63, 3.8) is 0 Å². The molecule has 0 radical (unpaired) electrons. The number of nitrogens with one attached hydrogen (secondary N) is 1. The molecule has 0 aromatic carbocycles. The van der Waals surface area contributed by atoms with Crippen molar-refractivity contribution in [2.75, 3.05) is 6.54 Å². The Balaban J connectivity index is 2.14. The number of rotatable bonds is 6. The van der Waals surface area contributed by atoms with Crippen molar-refractivity contribution in [1.29, 1.82) is 0 Å². The Morgan fingerprint density at radius 1 is 1.33 bits per heavy atom. The zero-order chi connectivity index (χ0) is 11.1. The summed E-state index contributed by atoms with van der Waals surface area (Å²) in [5.41, 5.74) is 0. The van der Waals surface area contributed by atoms with Crippen molar-refractivity contribution in [1.82, 2.24) is 5.32 Å². The molecule has 0 heterocycles. The summed E-state index contributed by atoms with van der Waals surface area (Å²) < 4.78 is 0. The fourth-order valence-corrected chi connectivity index (χ4v) is 2.59. The minimum atomic E-state index is -0.142. The van der Waals surface area contributed by atoms with E-state index in [1.54, 1.807) is 0 Å². The minimum absolute atomic E-state index is 0.142. The van der Waals surface area contributed by atoms with Crippen LogP contribution in [0.15, 0.2) is 0 Å². The van der Waals surface area contributed by atoms with Gasteiger partial charge in [0.2, 0.25) is 0 Å². The highest BCUT2D eigenvalue weighted by Gasteiger charge is 2.20. The molecule has 0 bridgehead atoms. The van der Waals surface area contributed by atoms with Crippen molar-refractivity contribution in [2.24, 2.45) is 5.92 Å². The van der Waals surface area contributed by atoms with Crippen LogP contribution in [0.25, 0.3) is 0 Å². The van der Waals surface area contributed by atoms with Crippen LogP contribution in [0.3, 0.4) is 0 Å². The van der Waals surface area contributed by atoms with Gasteiger partial charge in [-0.25, -0.2) is 0 Å². The van der Waals surface area contributed by atoms with Crippen LogP contribution in [-0.2, 0) is 0 Å². The first-order valence-electron chi connectivity index (χ1n) is 6.67. The highest BCUT2D eigenvalue weighted by molar-refractivity contribution is 4.78. The van der Waals surface area contributed by atoms with Gasteiger partial charge in [-0.1, -0.05) is 39.5 Å². The molecule has 1 fully saturated rings. The highest BCUT2D eigenvalue weighted by Crippen LogP contribution is 2.26. The molecule has 90 valence electrons. The van der Waals surface area contributed by atoms with E-state index >= 15 is 0 Å². The molecule has 1 rings (SSSR count). The van der Waals surface area contributed by atoms with Crippen molar-refractivity contribution < 1.29 is 5.11 Å². The second kappa shape index (κ2) is 7.24. The minimum Gasteiger partial charge on any atom is -0.392 e. The smallest absolute Gasteiger partial charge is 0.0664 e. The van der Waals surface area contributed by atoms with E-state index in [9.17, 15) is 5.11 Å². The number of aliphatic hydroxyl groups excluding tert-OH is 1. The molecule has 0 aromatic heterocycles. The number of hydrogen-bond acceptors (Lipinski definition) is 2. The van der Waals surface area contributed by atoms with Gasteiger partial charge in [-0.15, -0.1) is 0 Å². The number of aliphatic hydroxyl groups is 1. The van der Waals surface area contributed by atoms with Crippen LogP contribution in [-0.4, -0.2) is 23.8 Å². The summed E-state index contributed by atoms with van der Waals surface area (Å²) in [6, 6.07) is 0.662. The topological polar surface area (TPSA) is 32.3 Å². The number of hydrogen-bond donors (Lipinski definition) is 2. The third-order valence-electron chi connectivity index (χ3n) is 3.62. The van der Waals surface area contributed by atoms with Gasteiger partial charge in [-0.05, 0) is 25.2 Å². The van der Waals surface area contributed by atoms with Crippen LogP contribution in [0.2, 0.25) is 0 Å². The zero-order valence-corrected chi connectivity index (χ0v) is 10.3. The lowest BCUT2D eigenvalue weighted by Crippen LogP contribution is -2.38. The van der Waals surface area contributed by atoms with Crippen LogP contribution in [0.1, 0.15) is 58.8 Å². The molecular formula is C13H27NO. The maximum absolute atomic E-state index is 9.64. The summed E-state index contributed by atoms with van der Waals surface area (Å²) in [6.07, 6.45) is 8.56. The summed E-state index contributed by atoms with van der Waals surface area (Å²) in [7, 11) is 0. The van der Waals surface area contributed by atoms with Gasteiger partial charge < -0.3 is 10.4 Å². The quantitative estimate of drug-likeness (QED) is 0.711. The van der Waals surface area contributed by atoms with Gasteiger partial charge in [0.25, 0.3) is 0 Å². The first-order chi connectivity index (χ1) is 7.26. The molecule has 15 heavy (non-hydrogen) atoms. The summed E-state index contributed by atoms with van der Waals surface area (Å²) in [5.74, 6) is 0.916. The molecule has 2 N–H and O–H groups in total. The maximum Gasteiger partial charge on any atom is 0.0664 e. The molecule has 0 amide bonds. The summed E-state index contributed by atoms with van der Waals surface area (Å²) in [4.78, 5) is 0. The molecule has 3 unspecified atom stereocenters. The van der Waals surface area contributed by atoms with E-state index in [1.165, 1.54) is 32.1 Å². The third-order valence-corrected chi connectivity index (χ3v) is 3.62. The first-order valence-corrected chi connectivity index (χ1v) is 6.67. The zero-order valence-electron chi connectivity index (χ0n) is 10.3. The summed E-state index contributed by atoms with van der Waals surface area (Å²) >= 11 is 0. The van der Waals surface area contributed by atoms with E-state index < -0.39 is 0 Å². The Morgan fingerprint density at radius 3 is 2.80 bits per heavy atom. The maximum atomic E-state index is 9.64.